The lowest BCUT2D eigenvalue weighted by atomic mass is 10.1. The Labute approximate surface area is 151 Å². The number of nitrogens with one attached hydrogen (secondary N) is 1. The molecule has 3 heterocycles. The summed E-state index contributed by atoms with van der Waals surface area (Å²) < 4.78 is 3.04. The average molecular weight is 401 g/mol. The van der Waals surface area contributed by atoms with Crippen molar-refractivity contribution in [2.24, 2.45) is 0 Å². The second kappa shape index (κ2) is 6.41. The number of imidazole rings is 1. The lowest BCUT2D eigenvalue weighted by molar-refractivity contribution is -0.113. The van der Waals surface area contributed by atoms with E-state index in [-0.39, 0.29) is 11.2 Å². The minimum Gasteiger partial charge on any atom is -0.308 e. The number of aromatic nitrogens is 3. The van der Waals surface area contributed by atoms with Crippen LogP contribution in [0.3, 0.4) is 0 Å². The van der Waals surface area contributed by atoms with Crippen molar-refractivity contribution in [1.82, 2.24) is 14.5 Å². The van der Waals surface area contributed by atoms with Crippen molar-refractivity contribution in [2.75, 3.05) is 11.1 Å². The zero-order valence-electron chi connectivity index (χ0n) is 12.5. The number of hydrogen-bond donors (Lipinski definition) is 1. The number of carbonyl (C=O) groups excluding carboxylic acids is 1. The molecule has 1 N–H and O–H groups in total. The monoisotopic (exact) mass is 400 g/mol. The first-order valence-corrected chi connectivity index (χ1v) is 9.21. The first-order valence-electron chi connectivity index (χ1n) is 7.37. The smallest absolute Gasteiger partial charge is 0.235 e. The average Bonchev–Trinajstić information content (AvgIpc) is 2.92. The van der Waals surface area contributed by atoms with Crippen LogP contribution in [-0.4, -0.2) is 26.2 Å². The van der Waals surface area contributed by atoms with Gasteiger partial charge in [-0.05, 0) is 35.9 Å². The predicted octanol–water partition coefficient (Wildman–Crippen LogP) is 3.80. The van der Waals surface area contributed by atoms with Gasteiger partial charge in [-0.15, -0.1) is 11.8 Å². The SMILES string of the molecule is O=C1CSC(c2cccnc2)c2c(ncn2-c2ccc(Br)cc2)N1. The fraction of sp³-hybridized carbons (Fsp3) is 0.118. The number of nitrogens with zero attached hydrogens (tertiary/aromatic N) is 3. The first-order chi connectivity index (χ1) is 11.7. The molecule has 1 aliphatic heterocycles. The summed E-state index contributed by atoms with van der Waals surface area (Å²) in [7, 11) is 0. The van der Waals surface area contributed by atoms with Gasteiger partial charge >= 0.3 is 0 Å². The van der Waals surface area contributed by atoms with Crippen LogP contribution < -0.4 is 5.32 Å². The van der Waals surface area contributed by atoms with E-state index in [0.29, 0.717) is 11.6 Å². The van der Waals surface area contributed by atoms with Gasteiger partial charge in [0.1, 0.15) is 6.33 Å². The first kappa shape index (κ1) is 15.4. The normalized spacial score (nSPS) is 17.0. The fourth-order valence-corrected chi connectivity index (χ4v) is 4.07. The van der Waals surface area contributed by atoms with Crippen LogP contribution in [0.25, 0.3) is 5.69 Å². The molecule has 2 aromatic heterocycles. The molecule has 1 unspecified atom stereocenters. The quantitative estimate of drug-likeness (QED) is 0.710. The minimum atomic E-state index is -0.0336. The molecule has 1 aromatic carbocycles. The second-order valence-corrected chi connectivity index (χ2v) is 7.36. The van der Waals surface area contributed by atoms with Crippen LogP contribution >= 0.6 is 27.7 Å². The maximum absolute atomic E-state index is 12.0. The van der Waals surface area contributed by atoms with Crippen LogP contribution in [0.4, 0.5) is 5.82 Å². The summed E-state index contributed by atoms with van der Waals surface area (Å²) in [6.07, 6.45) is 5.35. The maximum Gasteiger partial charge on any atom is 0.235 e. The van der Waals surface area contributed by atoms with E-state index in [2.05, 4.69) is 31.2 Å². The van der Waals surface area contributed by atoms with Crippen molar-refractivity contribution < 1.29 is 4.79 Å². The summed E-state index contributed by atoms with van der Waals surface area (Å²) >= 11 is 5.04. The molecule has 0 saturated heterocycles. The van der Waals surface area contributed by atoms with E-state index in [1.54, 1.807) is 24.3 Å². The molecule has 5 nitrogen and oxygen atoms in total. The minimum absolute atomic E-state index is 0.0150. The standard InChI is InChI=1S/C17H13BrN4OS/c18-12-3-5-13(6-4-12)22-10-20-17-15(22)16(24-9-14(23)21-17)11-2-1-7-19-8-11/h1-8,10,16H,9H2,(H,21,23). The van der Waals surface area contributed by atoms with Gasteiger partial charge in [-0.1, -0.05) is 22.0 Å². The molecular weight excluding hydrogens is 388 g/mol. The molecule has 0 bridgehead atoms. The second-order valence-electron chi connectivity index (χ2n) is 5.35. The molecule has 0 spiro atoms. The van der Waals surface area contributed by atoms with Crippen LogP contribution in [0, 0.1) is 0 Å². The summed E-state index contributed by atoms with van der Waals surface area (Å²) in [6.45, 7) is 0. The van der Waals surface area contributed by atoms with Crippen molar-refractivity contribution in [3.05, 3.63) is 70.8 Å². The summed E-state index contributed by atoms with van der Waals surface area (Å²) in [6, 6.07) is 12.0. The maximum atomic E-state index is 12.0. The van der Waals surface area contributed by atoms with Crippen molar-refractivity contribution in [1.29, 1.82) is 0 Å². The van der Waals surface area contributed by atoms with Crippen molar-refractivity contribution in [2.45, 2.75) is 5.25 Å². The molecule has 24 heavy (non-hydrogen) atoms. The van der Waals surface area contributed by atoms with Gasteiger partial charge in [-0.2, -0.15) is 0 Å². The number of carbonyl (C=O) groups is 1. The number of hydrogen-bond acceptors (Lipinski definition) is 4. The Bertz CT molecular complexity index is 879. The van der Waals surface area contributed by atoms with Crippen LogP contribution in [0.5, 0.6) is 0 Å². The molecule has 0 fully saturated rings. The van der Waals surface area contributed by atoms with Crippen LogP contribution in [-0.2, 0) is 4.79 Å². The van der Waals surface area contributed by atoms with Gasteiger partial charge in [0, 0.05) is 22.6 Å². The third-order valence-electron chi connectivity index (χ3n) is 3.78. The van der Waals surface area contributed by atoms with Gasteiger partial charge in [0.2, 0.25) is 5.91 Å². The summed E-state index contributed by atoms with van der Waals surface area (Å²) in [4.78, 5) is 20.7. The largest absolute Gasteiger partial charge is 0.308 e. The summed E-state index contributed by atoms with van der Waals surface area (Å²) in [5.41, 5.74) is 3.01. The van der Waals surface area contributed by atoms with Gasteiger partial charge in [0.05, 0.1) is 16.7 Å². The molecule has 0 radical (unpaired) electrons. The topological polar surface area (TPSA) is 59.8 Å². The van der Waals surface area contributed by atoms with E-state index in [9.17, 15) is 4.79 Å². The fourth-order valence-electron chi connectivity index (χ4n) is 2.70. The summed E-state index contributed by atoms with van der Waals surface area (Å²) in [5.74, 6) is 0.964. The number of thioether (sulfide) groups is 1. The van der Waals surface area contributed by atoms with E-state index in [1.165, 1.54) is 0 Å². The zero-order valence-corrected chi connectivity index (χ0v) is 14.9. The molecular formula is C17H13BrN4OS. The molecule has 3 aromatic rings. The van der Waals surface area contributed by atoms with Crippen molar-refractivity contribution in [3.8, 4) is 5.69 Å². The van der Waals surface area contributed by atoms with E-state index < -0.39 is 0 Å². The van der Waals surface area contributed by atoms with Crippen molar-refractivity contribution >= 4 is 39.4 Å². The van der Waals surface area contributed by atoms with Gasteiger partial charge in [-0.3, -0.25) is 14.3 Å². The third kappa shape index (κ3) is 2.85. The van der Waals surface area contributed by atoms with Crippen LogP contribution in [0.1, 0.15) is 16.5 Å². The predicted molar refractivity (Wildman–Crippen MR) is 98.4 cm³/mol. The molecule has 1 aliphatic rings. The molecule has 4 rings (SSSR count). The number of amides is 1. The van der Waals surface area contributed by atoms with Crippen LogP contribution in [0.15, 0.2) is 59.6 Å². The Kier molecular flexibility index (Phi) is 4.12. The van der Waals surface area contributed by atoms with E-state index in [1.807, 2.05) is 47.2 Å². The van der Waals surface area contributed by atoms with E-state index in [0.717, 1.165) is 21.4 Å². The van der Waals surface area contributed by atoms with E-state index in [4.69, 9.17) is 0 Å². The number of benzene rings is 1. The number of anilines is 1. The molecule has 0 aliphatic carbocycles. The highest BCUT2D eigenvalue weighted by Crippen LogP contribution is 2.41. The Balaban J connectivity index is 1.87. The van der Waals surface area contributed by atoms with E-state index >= 15 is 0 Å². The number of rotatable bonds is 2. The molecule has 1 atom stereocenters. The lowest BCUT2D eigenvalue weighted by Crippen LogP contribution is -2.12. The molecule has 120 valence electrons. The van der Waals surface area contributed by atoms with Gasteiger partial charge in [-0.25, -0.2) is 4.98 Å². The molecule has 0 saturated carbocycles. The number of halogens is 1. The van der Waals surface area contributed by atoms with Gasteiger partial charge in [0.25, 0.3) is 0 Å². The number of pyridine rings is 1. The van der Waals surface area contributed by atoms with Gasteiger partial charge in [0.15, 0.2) is 5.82 Å². The highest BCUT2D eigenvalue weighted by Gasteiger charge is 2.29. The highest BCUT2D eigenvalue weighted by atomic mass is 79.9. The Hall–Kier alpha value is -2.12. The molecule has 7 heteroatoms. The van der Waals surface area contributed by atoms with Crippen molar-refractivity contribution in [3.63, 3.8) is 0 Å². The Morgan fingerprint density at radius 3 is 2.83 bits per heavy atom. The molecule has 1 amide bonds. The lowest BCUT2D eigenvalue weighted by Gasteiger charge is -2.17. The Morgan fingerprint density at radius 2 is 2.08 bits per heavy atom. The van der Waals surface area contributed by atoms with Gasteiger partial charge < -0.3 is 5.32 Å². The van der Waals surface area contributed by atoms with Crippen LogP contribution in [0.2, 0.25) is 0 Å². The zero-order chi connectivity index (χ0) is 16.5. The summed E-state index contributed by atoms with van der Waals surface area (Å²) in [5, 5.41) is 2.89. The Morgan fingerprint density at radius 1 is 1.25 bits per heavy atom. The highest BCUT2D eigenvalue weighted by molar-refractivity contribution is 9.10. The third-order valence-corrected chi connectivity index (χ3v) is 5.57. The number of fused-ring (bicyclic) bond motifs is 1.